The average molecular weight is 363 g/mol. The zero-order valence-corrected chi connectivity index (χ0v) is 15.7. The maximum absolute atomic E-state index is 13.2. The lowest BCUT2D eigenvalue weighted by Gasteiger charge is -2.29. The van der Waals surface area contributed by atoms with E-state index in [1.165, 1.54) is 5.69 Å². The molecule has 1 aliphatic heterocycles. The van der Waals surface area contributed by atoms with Gasteiger partial charge in [-0.2, -0.15) is 0 Å². The van der Waals surface area contributed by atoms with E-state index in [-0.39, 0.29) is 5.56 Å². The van der Waals surface area contributed by atoms with E-state index in [0.29, 0.717) is 5.65 Å². The van der Waals surface area contributed by atoms with Crippen LogP contribution in [0.5, 0.6) is 0 Å². The van der Waals surface area contributed by atoms with Crippen LogP contribution >= 0.6 is 0 Å². The molecule has 0 amide bonds. The standard InChI is InChI=1S/C22H25N3O2/c1-2-3-6-19-21(22(26)25-12-5-4-7-20(25)23-19)17-8-10-18(11-9-17)24-13-15-27-16-14-24/h4-5,7-12H,2-3,6,13-16H2,1H3. The van der Waals surface area contributed by atoms with Crippen molar-refractivity contribution in [2.45, 2.75) is 26.2 Å². The molecule has 0 bridgehead atoms. The van der Waals surface area contributed by atoms with Gasteiger partial charge in [0, 0.05) is 25.0 Å². The Morgan fingerprint density at radius 1 is 1.07 bits per heavy atom. The van der Waals surface area contributed by atoms with Crippen molar-refractivity contribution in [1.29, 1.82) is 0 Å². The highest BCUT2D eigenvalue weighted by Gasteiger charge is 2.16. The number of anilines is 1. The zero-order valence-electron chi connectivity index (χ0n) is 15.7. The number of hydrogen-bond acceptors (Lipinski definition) is 4. The maximum atomic E-state index is 13.2. The van der Waals surface area contributed by atoms with Gasteiger partial charge < -0.3 is 9.64 Å². The number of rotatable bonds is 5. The van der Waals surface area contributed by atoms with Gasteiger partial charge in [-0.05, 0) is 42.7 Å². The summed E-state index contributed by atoms with van der Waals surface area (Å²) in [5.74, 6) is 0. The Hall–Kier alpha value is -2.66. The van der Waals surface area contributed by atoms with Crippen LogP contribution in [0.1, 0.15) is 25.5 Å². The third kappa shape index (κ3) is 3.60. The largest absolute Gasteiger partial charge is 0.378 e. The van der Waals surface area contributed by atoms with Crippen molar-refractivity contribution in [3.63, 3.8) is 0 Å². The quantitative estimate of drug-likeness (QED) is 0.696. The van der Waals surface area contributed by atoms with E-state index in [0.717, 1.165) is 62.4 Å². The SMILES string of the molecule is CCCCc1nc2ccccn2c(=O)c1-c1ccc(N2CCOCC2)cc1. The average Bonchev–Trinajstić information content (AvgIpc) is 2.73. The minimum atomic E-state index is 0.00539. The summed E-state index contributed by atoms with van der Waals surface area (Å²) in [4.78, 5) is 20.3. The fraction of sp³-hybridized carbons (Fsp3) is 0.364. The summed E-state index contributed by atoms with van der Waals surface area (Å²) >= 11 is 0. The number of fused-ring (bicyclic) bond motifs is 1. The van der Waals surface area contributed by atoms with Crippen LogP contribution in [0.4, 0.5) is 5.69 Å². The second-order valence-electron chi connectivity index (χ2n) is 6.92. The highest BCUT2D eigenvalue weighted by atomic mass is 16.5. The number of ether oxygens (including phenoxy) is 1. The van der Waals surface area contributed by atoms with Crippen LogP contribution in [0.25, 0.3) is 16.8 Å². The lowest BCUT2D eigenvalue weighted by molar-refractivity contribution is 0.122. The molecule has 1 saturated heterocycles. The van der Waals surface area contributed by atoms with E-state index < -0.39 is 0 Å². The minimum Gasteiger partial charge on any atom is -0.378 e. The molecular formula is C22H25N3O2. The number of hydrogen-bond donors (Lipinski definition) is 0. The zero-order chi connectivity index (χ0) is 18.6. The first kappa shape index (κ1) is 17.7. The van der Waals surface area contributed by atoms with Gasteiger partial charge in [0.2, 0.25) is 0 Å². The second kappa shape index (κ2) is 7.92. The number of benzene rings is 1. The predicted octanol–water partition coefficient (Wildman–Crippen LogP) is 3.54. The van der Waals surface area contributed by atoms with Crippen molar-refractivity contribution >= 4 is 11.3 Å². The van der Waals surface area contributed by atoms with Crippen molar-refractivity contribution < 1.29 is 4.74 Å². The first-order chi connectivity index (χ1) is 13.3. The minimum absolute atomic E-state index is 0.00539. The van der Waals surface area contributed by atoms with Gasteiger partial charge in [0.05, 0.1) is 24.5 Å². The van der Waals surface area contributed by atoms with Gasteiger partial charge in [-0.25, -0.2) is 4.98 Å². The summed E-state index contributed by atoms with van der Waals surface area (Å²) in [7, 11) is 0. The maximum Gasteiger partial charge on any atom is 0.265 e. The number of morpholine rings is 1. The van der Waals surface area contributed by atoms with Crippen molar-refractivity contribution in [2.24, 2.45) is 0 Å². The van der Waals surface area contributed by atoms with Crippen LogP contribution in [-0.4, -0.2) is 35.7 Å². The summed E-state index contributed by atoms with van der Waals surface area (Å²) in [6.07, 6.45) is 4.71. The van der Waals surface area contributed by atoms with Crippen molar-refractivity contribution in [3.8, 4) is 11.1 Å². The summed E-state index contributed by atoms with van der Waals surface area (Å²) in [6.45, 7) is 5.49. The summed E-state index contributed by atoms with van der Waals surface area (Å²) in [6, 6.07) is 14.0. The molecular weight excluding hydrogens is 338 g/mol. The molecule has 3 aromatic rings. The first-order valence-electron chi connectivity index (χ1n) is 9.71. The van der Waals surface area contributed by atoms with Gasteiger partial charge in [-0.1, -0.05) is 31.5 Å². The summed E-state index contributed by atoms with van der Waals surface area (Å²) < 4.78 is 7.07. The first-order valence-corrected chi connectivity index (χ1v) is 9.71. The Morgan fingerprint density at radius 3 is 2.59 bits per heavy atom. The van der Waals surface area contributed by atoms with Gasteiger partial charge in [0.1, 0.15) is 5.65 Å². The lowest BCUT2D eigenvalue weighted by Crippen LogP contribution is -2.36. The molecule has 27 heavy (non-hydrogen) atoms. The molecule has 0 spiro atoms. The normalized spacial score (nSPS) is 14.6. The fourth-order valence-corrected chi connectivity index (χ4v) is 3.61. The molecule has 140 valence electrons. The van der Waals surface area contributed by atoms with Crippen LogP contribution < -0.4 is 10.5 Å². The van der Waals surface area contributed by atoms with Gasteiger partial charge >= 0.3 is 0 Å². The number of unbranched alkanes of at least 4 members (excludes halogenated alkanes) is 1. The van der Waals surface area contributed by atoms with E-state index in [2.05, 4.69) is 24.0 Å². The van der Waals surface area contributed by atoms with Gasteiger partial charge in [0.25, 0.3) is 5.56 Å². The fourth-order valence-electron chi connectivity index (χ4n) is 3.61. The van der Waals surface area contributed by atoms with E-state index in [1.54, 1.807) is 10.6 Å². The summed E-state index contributed by atoms with van der Waals surface area (Å²) in [5.41, 5.74) is 4.45. The van der Waals surface area contributed by atoms with Gasteiger partial charge in [-0.15, -0.1) is 0 Å². The van der Waals surface area contributed by atoms with Crippen LogP contribution in [0, 0.1) is 0 Å². The summed E-state index contributed by atoms with van der Waals surface area (Å²) in [5, 5.41) is 0. The number of aryl methyl sites for hydroxylation is 1. The predicted molar refractivity (Wildman–Crippen MR) is 109 cm³/mol. The molecule has 5 heteroatoms. The molecule has 0 saturated carbocycles. The molecule has 4 rings (SSSR count). The number of aromatic nitrogens is 2. The van der Waals surface area contributed by atoms with Crippen molar-refractivity contribution in [1.82, 2.24) is 9.38 Å². The Morgan fingerprint density at radius 2 is 1.85 bits per heavy atom. The smallest absolute Gasteiger partial charge is 0.265 e. The second-order valence-corrected chi connectivity index (χ2v) is 6.92. The van der Waals surface area contributed by atoms with E-state index in [1.807, 2.05) is 30.3 Å². The Labute approximate surface area is 159 Å². The van der Waals surface area contributed by atoms with Crippen molar-refractivity contribution in [3.05, 3.63) is 64.7 Å². The number of pyridine rings is 1. The molecule has 3 heterocycles. The van der Waals surface area contributed by atoms with Gasteiger partial charge in [0.15, 0.2) is 0 Å². The van der Waals surface area contributed by atoms with Gasteiger partial charge in [-0.3, -0.25) is 9.20 Å². The monoisotopic (exact) mass is 363 g/mol. The van der Waals surface area contributed by atoms with Crippen molar-refractivity contribution in [2.75, 3.05) is 31.2 Å². The number of nitrogens with zero attached hydrogens (tertiary/aromatic N) is 3. The van der Waals surface area contributed by atoms with Crippen LogP contribution in [0.3, 0.4) is 0 Å². The molecule has 0 radical (unpaired) electrons. The van der Waals surface area contributed by atoms with Crippen LogP contribution in [0.2, 0.25) is 0 Å². The Balaban J connectivity index is 1.77. The van der Waals surface area contributed by atoms with E-state index in [9.17, 15) is 4.79 Å². The molecule has 1 aromatic carbocycles. The molecule has 0 N–H and O–H groups in total. The van der Waals surface area contributed by atoms with E-state index >= 15 is 0 Å². The lowest BCUT2D eigenvalue weighted by atomic mass is 10.0. The Bertz CT molecular complexity index is 973. The highest BCUT2D eigenvalue weighted by molar-refractivity contribution is 5.69. The Kier molecular flexibility index (Phi) is 5.21. The van der Waals surface area contributed by atoms with Crippen LogP contribution in [0.15, 0.2) is 53.5 Å². The highest BCUT2D eigenvalue weighted by Crippen LogP contribution is 2.25. The molecule has 5 nitrogen and oxygen atoms in total. The molecule has 1 aliphatic rings. The third-order valence-corrected chi connectivity index (χ3v) is 5.11. The molecule has 2 aromatic heterocycles. The molecule has 1 fully saturated rings. The van der Waals surface area contributed by atoms with Crippen LogP contribution in [-0.2, 0) is 11.2 Å². The topological polar surface area (TPSA) is 46.8 Å². The molecule has 0 aliphatic carbocycles. The third-order valence-electron chi connectivity index (χ3n) is 5.11. The van der Waals surface area contributed by atoms with E-state index in [4.69, 9.17) is 9.72 Å². The molecule has 0 atom stereocenters. The molecule has 0 unspecified atom stereocenters.